The molecule has 4 heteroatoms. The average Bonchev–Trinajstić information content (AvgIpc) is 2.31. The zero-order chi connectivity index (χ0) is 7.40. The summed E-state index contributed by atoms with van der Waals surface area (Å²) in [5.74, 6) is 0.735. The second kappa shape index (κ2) is 3.83. The molecule has 0 spiro atoms. The third kappa shape index (κ3) is 2.19. The number of cyclic esters (lactones) is 1. The minimum atomic E-state index is -0.176. The first-order chi connectivity index (χ1) is 4.83. The molecule has 58 valence electrons. The summed E-state index contributed by atoms with van der Waals surface area (Å²) < 4.78 is 9.94. The second-order valence-corrected chi connectivity index (χ2v) is 2.92. The van der Waals surface area contributed by atoms with E-state index in [9.17, 15) is 4.79 Å². The lowest BCUT2D eigenvalue weighted by atomic mass is 10.4. The van der Waals surface area contributed by atoms with Gasteiger partial charge in [0.05, 0.1) is 6.61 Å². The lowest BCUT2D eigenvalue weighted by Crippen LogP contribution is -2.17. The molecule has 1 atom stereocenters. The van der Waals surface area contributed by atoms with Crippen LogP contribution in [0.4, 0.5) is 4.79 Å². The fourth-order valence-electron chi connectivity index (χ4n) is 0.697. The Kier molecular flexibility index (Phi) is 3.02. The number of hydrogen-bond acceptors (Lipinski definition) is 4. The van der Waals surface area contributed by atoms with E-state index >= 15 is 0 Å². The van der Waals surface area contributed by atoms with Crippen LogP contribution in [0.5, 0.6) is 0 Å². The Labute approximate surface area is 64.1 Å². The van der Waals surface area contributed by atoms with Gasteiger partial charge in [0.25, 0.3) is 0 Å². The summed E-state index contributed by atoms with van der Waals surface area (Å²) in [6.07, 6.45) is -0.0163. The minimum absolute atomic E-state index is 0.0163. The summed E-state index contributed by atoms with van der Waals surface area (Å²) in [5, 5.41) is -0.176. The summed E-state index contributed by atoms with van der Waals surface area (Å²) in [6, 6.07) is 0. The fourth-order valence-corrected chi connectivity index (χ4v) is 1.39. The van der Waals surface area contributed by atoms with Gasteiger partial charge >= 0.3 is 5.30 Å². The maximum atomic E-state index is 10.5. The van der Waals surface area contributed by atoms with Crippen molar-refractivity contribution in [1.29, 1.82) is 0 Å². The molecule has 0 aliphatic carbocycles. The summed E-state index contributed by atoms with van der Waals surface area (Å²) in [7, 11) is 0. The van der Waals surface area contributed by atoms with Crippen LogP contribution in [0.1, 0.15) is 6.92 Å². The Morgan fingerprint density at radius 2 is 2.70 bits per heavy atom. The van der Waals surface area contributed by atoms with Gasteiger partial charge in [0.1, 0.15) is 6.10 Å². The van der Waals surface area contributed by atoms with E-state index in [2.05, 4.69) is 0 Å². The Morgan fingerprint density at radius 1 is 1.90 bits per heavy atom. The van der Waals surface area contributed by atoms with Crippen LogP contribution in [0.3, 0.4) is 0 Å². The number of ether oxygens (including phenoxy) is 2. The Hall–Kier alpha value is -0.220. The van der Waals surface area contributed by atoms with Gasteiger partial charge in [-0.25, -0.2) is 4.79 Å². The van der Waals surface area contributed by atoms with Crippen LogP contribution in [0.15, 0.2) is 0 Å². The molecule has 1 aliphatic rings. The Morgan fingerprint density at radius 3 is 3.20 bits per heavy atom. The third-order valence-corrected chi connectivity index (χ3v) is 2.03. The van der Waals surface area contributed by atoms with Crippen LogP contribution in [0, 0.1) is 0 Å². The van der Waals surface area contributed by atoms with Gasteiger partial charge in [-0.05, 0) is 18.7 Å². The predicted molar refractivity (Wildman–Crippen MR) is 39.2 cm³/mol. The Bertz CT molecular complexity index is 126. The van der Waals surface area contributed by atoms with Crippen molar-refractivity contribution in [2.75, 3.05) is 19.0 Å². The van der Waals surface area contributed by atoms with Crippen molar-refractivity contribution in [3.05, 3.63) is 0 Å². The van der Waals surface area contributed by atoms with Crippen molar-refractivity contribution in [1.82, 2.24) is 0 Å². The fraction of sp³-hybridized carbons (Fsp3) is 0.833. The van der Waals surface area contributed by atoms with Gasteiger partial charge in [-0.1, -0.05) is 0 Å². The van der Waals surface area contributed by atoms with E-state index in [0.29, 0.717) is 13.2 Å². The van der Waals surface area contributed by atoms with Crippen LogP contribution < -0.4 is 0 Å². The van der Waals surface area contributed by atoms with Gasteiger partial charge in [-0.3, -0.25) is 0 Å². The van der Waals surface area contributed by atoms with Gasteiger partial charge in [-0.2, -0.15) is 0 Å². The molecule has 3 nitrogen and oxygen atoms in total. The normalized spacial score (nSPS) is 24.9. The topological polar surface area (TPSA) is 35.5 Å². The average molecular weight is 162 g/mol. The van der Waals surface area contributed by atoms with E-state index in [1.165, 1.54) is 11.8 Å². The number of carbonyl (C=O) groups is 1. The highest BCUT2D eigenvalue weighted by atomic mass is 32.2. The molecule has 0 aromatic heterocycles. The summed E-state index contributed by atoms with van der Waals surface area (Å²) in [6.45, 7) is 3.14. The van der Waals surface area contributed by atoms with Crippen LogP contribution in [-0.2, 0) is 9.47 Å². The van der Waals surface area contributed by atoms with Crippen molar-refractivity contribution in [3.63, 3.8) is 0 Å². The van der Waals surface area contributed by atoms with E-state index in [0.717, 1.165) is 5.75 Å². The second-order valence-electron chi connectivity index (χ2n) is 1.96. The van der Waals surface area contributed by atoms with Crippen molar-refractivity contribution in [2.45, 2.75) is 13.0 Å². The Balaban J connectivity index is 2.12. The highest BCUT2D eigenvalue weighted by Crippen LogP contribution is 2.19. The lowest BCUT2D eigenvalue weighted by molar-refractivity contribution is 0.0516. The van der Waals surface area contributed by atoms with E-state index in [4.69, 9.17) is 9.47 Å². The molecule has 0 radical (unpaired) electrons. The summed E-state index contributed by atoms with van der Waals surface area (Å²) in [4.78, 5) is 10.5. The van der Waals surface area contributed by atoms with Gasteiger partial charge in [0.2, 0.25) is 0 Å². The van der Waals surface area contributed by atoms with Crippen LogP contribution in [-0.4, -0.2) is 30.4 Å². The van der Waals surface area contributed by atoms with Crippen LogP contribution in [0.2, 0.25) is 0 Å². The molecule has 1 unspecified atom stereocenters. The molecule has 0 saturated carbocycles. The molecule has 0 aromatic rings. The molecule has 0 N–H and O–H groups in total. The third-order valence-electron chi connectivity index (χ3n) is 1.16. The number of thioether (sulfide) groups is 1. The number of hydrogen-bond donors (Lipinski definition) is 0. The molecule has 1 saturated heterocycles. The van der Waals surface area contributed by atoms with Gasteiger partial charge in [0.15, 0.2) is 0 Å². The van der Waals surface area contributed by atoms with Gasteiger partial charge in [0, 0.05) is 12.4 Å². The molecular formula is C6H10O3S. The molecule has 10 heavy (non-hydrogen) atoms. The smallest absolute Gasteiger partial charge is 0.367 e. The standard InChI is InChI=1S/C6H10O3S/c1-2-8-3-5-4-10-6(7)9-5/h5H,2-4H2,1H3. The van der Waals surface area contributed by atoms with E-state index < -0.39 is 0 Å². The first-order valence-corrected chi connectivity index (χ1v) is 4.22. The highest BCUT2D eigenvalue weighted by Gasteiger charge is 2.23. The summed E-state index contributed by atoms with van der Waals surface area (Å²) in [5.41, 5.74) is 0. The van der Waals surface area contributed by atoms with Crippen molar-refractivity contribution in [3.8, 4) is 0 Å². The van der Waals surface area contributed by atoms with Crippen molar-refractivity contribution >= 4 is 17.1 Å². The summed E-state index contributed by atoms with van der Waals surface area (Å²) >= 11 is 1.21. The monoisotopic (exact) mass is 162 g/mol. The SMILES string of the molecule is CCOCC1CSC(=O)O1. The molecule has 0 amide bonds. The lowest BCUT2D eigenvalue weighted by Gasteiger charge is -2.06. The van der Waals surface area contributed by atoms with Gasteiger partial charge in [-0.15, -0.1) is 0 Å². The van der Waals surface area contributed by atoms with Crippen molar-refractivity contribution < 1.29 is 14.3 Å². The van der Waals surface area contributed by atoms with E-state index in [-0.39, 0.29) is 11.4 Å². The molecule has 1 fully saturated rings. The van der Waals surface area contributed by atoms with Gasteiger partial charge < -0.3 is 9.47 Å². The molecule has 1 heterocycles. The number of carbonyl (C=O) groups excluding carboxylic acids is 1. The predicted octanol–water partition coefficient (Wildman–Crippen LogP) is 1.27. The zero-order valence-corrected chi connectivity index (χ0v) is 6.65. The quantitative estimate of drug-likeness (QED) is 0.585. The van der Waals surface area contributed by atoms with Crippen LogP contribution >= 0.6 is 11.8 Å². The maximum Gasteiger partial charge on any atom is 0.367 e. The maximum absolute atomic E-state index is 10.5. The van der Waals surface area contributed by atoms with Crippen molar-refractivity contribution in [2.24, 2.45) is 0 Å². The zero-order valence-electron chi connectivity index (χ0n) is 5.83. The molecule has 1 rings (SSSR count). The minimum Gasteiger partial charge on any atom is -0.451 e. The highest BCUT2D eigenvalue weighted by molar-refractivity contribution is 8.13. The molecule has 0 bridgehead atoms. The van der Waals surface area contributed by atoms with Crippen LogP contribution in [0.25, 0.3) is 0 Å². The molecule has 0 aromatic carbocycles. The largest absolute Gasteiger partial charge is 0.451 e. The van der Waals surface area contributed by atoms with E-state index in [1.807, 2.05) is 6.92 Å². The molecular weight excluding hydrogens is 152 g/mol. The first-order valence-electron chi connectivity index (χ1n) is 3.24. The first kappa shape index (κ1) is 7.88. The number of rotatable bonds is 3. The molecule has 1 aliphatic heterocycles. The van der Waals surface area contributed by atoms with E-state index in [1.54, 1.807) is 0 Å².